The third-order valence-electron chi connectivity index (χ3n) is 3.74. The Morgan fingerprint density at radius 1 is 1.06 bits per heavy atom. The summed E-state index contributed by atoms with van der Waals surface area (Å²) in [6.45, 7) is 10.4. The van der Waals surface area contributed by atoms with E-state index in [2.05, 4.69) is 62.7 Å². The van der Waals surface area contributed by atoms with Crippen LogP contribution in [0.4, 0.5) is 0 Å². The Kier molecular flexibility index (Phi) is 3.17. The predicted molar refractivity (Wildman–Crippen MR) is 74.6 cm³/mol. The largest absolute Gasteiger partial charge is 0.495 e. The smallest absolute Gasteiger partial charge is 0.399 e. The van der Waals surface area contributed by atoms with Crippen LogP contribution in [0.5, 0.6) is 0 Å². The molecule has 0 aromatic heterocycles. The molecule has 1 aromatic rings. The summed E-state index contributed by atoms with van der Waals surface area (Å²) < 4.78 is 13.1. The lowest BCUT2D eigenvalue weighted by atomic mass is 9.76. The Bertz CT molecular complexity index is 427. The summed E-state index contributed by atoms with van der Waals surface area (Å²) in [5, 5.41) is 0. The van der Waals surface area contributed by atoms with E-state index in [1.165, 1.54) is 5.56 Å². The molecule has 0 unspecified atom stereocenters. The van der Waals surface area contributed by atoms with Crippen LogP contribution in [0, 0.1) is 6.92 Å². The molecule has 2 nitrogen and oxygen atoms in total. The van der Waals surface area contributed by atoms with Crippen molar-refractivity contribution in [1.29, 1.82) is 0 Å². The molecule has 0 atom stereocenters. The fourth-order valence-electron chi connectivity index (χ4n) is 1.87. The minimum Gasteiger partial charge on any atom is -0.399 e. The zero-order chi connectivity index (χ0) is 12.8. The molecule has 0 amide bonds. The lowest BCUT2D eigenvalue weighted by Gasteiger charge is -2.32. The molecule has 1 fully saturated rings. The highest BCUT2D eigenvalue weighted by Crippen LogP contribution is 2.36. The van der Waals surface area contributed by atoms with Gasteiger partial charge in [-0.2, -0.15) is 0 Å². The summed E-state index contributed by atoms with van der Waals surface area (Å²) in [6.07, 6.45) is 0. The third-order valence-corrected chi connectivity index (χ3v) is 4.23. The monoisotopic (exact) mass is 296 g/mol. The van der Waals surface area contributed by atoms with Crippen LogP contribution in [0.3, 0.4) is 0 Å². The van der Waals surface area contributed by atoms with Gasteiger partial charge in [-0.05, 0) is 52.2 Å². The van der Waals surface area contributed by atoms with E-state index in [9.17, 15) is 0 Å². The van der Waals surface area contributed by atoms with Crippen molar-refractivity contribution in [2.45, 2.75) is 45.8 Å². The molecule has 1 aliphatic rings. The molecular weight excluding hydrogens is 279 g/mol. The van der Waals surface area contributed by atoms with Gasteiger partial charge in [-0.15, -0.1) is 0 Å². The second-order valence-corrected chi connectivity index (χ2v) is 6.50. The average molecular weight is 297 g/mol. The van der Waals surface area contributed by atoms with Crippen LogP contribution in [0.25, 0.3) is 0 Å². The van der Waals surface area contributed by atoms with E-state index >= 15 is 0 Å². The van der Waals surface area contributed by atoms with Crippen LogP contribution >= 0.6 is 15.9 Å². The van der Waals surface area contributed by atoms with Crippen LogP contribution in [-0.2, 0) is 9.31 Å². The first-order valence-corrected chi connectivity index (χ1v) is 6.64. The number of aryl methyl sites for hydroxylation is 1. The maximum atomic E-state index is 6.03. The molecule has 1 aromatic carbocycles. The predicted octanol–water partition coefficient (Wildman–Crippen LogP) is 3.06. The molecule has 1 saturated heterocycles. The number of rotatable bonds is 1. The first-order valence-electron chi connectivity index (χ1n) is 5.85. The molecule has 0 spiro atoms. The van der Waals surface area contributed by atoms with Gasteiger partial charge >= 0.3 is 7.12 Å². The van der Waals surface area contributed by atoms with Crippen molar-refractivity contribution in [1.82, 2.24) is 0 Å². The van der Waals surface area contributed by atoms with E-state index in [1.54, 1.807) is 0 Å². The van der Waals surface area contributed by atoms with Crippen molar-refractivity contribution in [3.05, 3.63) is 28.2 Å². The third kappa shape index (κ3) is 2.31. The van der Waals surface area contributed by atoms with E-state index in [1.807, 2.05) is 6.07 Å². The summed E-state index contributed by atoms with van der Waals surface area (Å²) in [4.78, 5) is 0. The fraction of sp³-hybridized carbons (Fsp3) is 0.538. The van der Waals surface area contributed by atoms with Crippen LogP contribution in [0.1, 0.15) is 33.3 Å². The van der Waals surface area contributed by atoms with Crippen molar-refractivity contribution in [2.75, 3.05) is 0 Å². The zero-order valence-corrected chi connectivity index (χ0v) is 12.6. The number of hydrogen-bond acceptors (Lipinski definition) is 2. The van der Waals surface area contributed by atoms with Crippen molar-refractivity contribution in [2.24, 2.45) is 0 Å². The van der Waals surface area contributed by atoms with E-state index in [0.717, 1.165) is 9.94 Å². The summed E-state index contributed by atoms with van der Waals surface area (Å²) in [5.74, 6) is 0. The highest BCUT2D eigenvalue weighted by molar-refractivity contribution is 9.10. The minimum absolute atomic E-state index is 0.270. The first-order chi connectivity index (χ1) is 7.73. The Balaban J connectivity index is 2.32. The Morgan fingerprint density at radius 2 is 1.59 bits per heavy atom. The molecular formula is C13H18BBrO2. The van der Waals surface area contributed by atoms with E-state index in [4.69, 9.17) is 9.31 Å². The highest BCUT2D eigenvalue weighted by atomic mass is 79.9. The number of hydrogen-bond donors (Lipinski definition) is 0. The van der Waals surface area contributed by atoms with Gasteiger partial charge in [-0.1, -0.05) is 27.6 Å². The van der Waals surface area contributed by atoms with Crippen molar-refractivity contribution >= 4 is 28.5 Å². The van der Waals surface area contributed by atoms with Gasteiger partial charge in [0.25, 0.3) is 0 Å². The van der Waals surface area contributed by atoms with E-state index < -0.39 is 0 Å². The standard InChI is InChI=1S/C13H18BBrO2/c1-9-8-10(15)6-7-11(9)14-16-12(2,3)13(4,5)17-14/h6-8H,1-5H3. The molecule has 0 saturated carbocycles. The van der Waals surface area contributed by atoms with Gasteiger partial charge in [-0.25, -0.2) is 0 Å². The summed E-state index contributed by atoms with van der Waals surface area (Å²) in [6, 6.07) is 6.16. The lowest BCUT2D eigenvalue weighted by Crippen LogP contribution is -2.41. The SMILES string of the molecule is Cc1cc(Br)ccc1B1OC(C)(C)C(C)(C)O1. The van der Waals surface area contributed by atoms with Crippen molar-refractivity contribution < 1.29 is 9.31 Å². The Morgan fingerprint density at radius 3 is 2.06 bits per heavy atom. The molecule has 0 radical (unpaired) electrons. The van der Waals surface area contributed by atoms with Crippen LogP contribution in [0.2, 0.25) is 0 Å². The molecule has 17 heavy (non-hydrogen) atoms. The van der Waals surface area contributed by atoms with Gasteiger partial charge in [0.15, 0.2) is 0 Å². The van der Waals surface area contributed by atoms with Gasteiger partial charge in [0.2, 0.25) is 0 Å². The summed E-state index contributed by atoms with van der Waals surface area (Å²) >= 11 is 3.47. The summed E-state index contributed by atoms with van der Waals surface area (Å²) in [5.41, 5.74) is 1.72. The van der Waals surface area contributed by atoms with Crippen molar-refractivity contribution in [3.8, 4) is 0 Å². The Hall–Kier alpha value is -0.315. The summed E-state index contributed by atoms with van der Waals surface area (Å²) in [7, 11) is -0.270. The quantitative estimate of drug-likeness (QED) is 0.742. The van der Waals surface area contributed by atoms with Gasteiger partial charge in [-0.3, -0.25) is 0 Å². The van der Waals surface area contributed by atoms with Gasteiger partial charge in [0, 0.05) is 4.47 Å². The second kappa shape index (κ2) is 4.11. The molecule has 92 valence electrons. The van der Waals surface area contributed by atoms with Crippen molar-refractivity contribution in [3.63, 3.8) is 0 Å². The van der Waals surface area contributed by atoms with E-state index in [-0.39, 0.29) is 18.3 Å². The average Bonchev–Trinajstić information content (AvgIpc) is 2.35. The van der Waals surface area contributed by atoms with Crippen LogP contribution in [-0.4, -0.2) is 18.3 Å². The molecule has 1 aliphatic heterocycles. The Labute approximate surface area is 112 Å². The molecule has 0 N–H and O–H groups in total. The maximum absolute atomic E-state index is 6.03. The lowest BCUT2D eigenvalue weighted by molar-refractivity contribution is 0.00578. The zero-order valence-electron chi connectivity index (χ0n) is 11.0. The van der Waals surface area contributed by atoms with E-state index in [0.29, 0.717) is 0 Å². The molecule has 1 heterocycles. The van der Waals surface area contributed by atoms with Gasteiger partial charge in [0.05, 0.1) is 11.2 Å². The highest BCUT2D eigenvalue weighted by Gasteiger charge is 2.51. The first kappa shape index (κ1) is 13.1. The van der Waals surface area contributed by atoms with Crippen LogP contribution < -0.4 is 5.46 Å². The topological polar surface area (TPSA) is 18.5 Å². The van der Waals surface area contributed by atoms with Gasteiger partial charge < -0.3 is 9.31 Å². The van der Waals surface area contributed by atoms with Gasteiger partial charge in [0.1, 0.15) is 0 Å². The normalized spacial score (nSPS) is 21.9. The minimum atomic E-state index is -0.281. The number of halogens is 1. The molecule has 0 aliphatic carbocycles. The van der Waals surface area contributed by atoms with Crippen LogP contribution in [0.15, 0.2) is 22.7 Å². The molecule has 2 rings (SSSR count). The number of benzene rings is 1. The molecule has 0 bridgehead atoms. The fourth-order valence-corrected chi connectivity index (χ4v) is 2.35. The second-order valence-electron chi connectivity index (χ2n) is 5.59. The molecule has 4 heteroatoms. The maximum Gasteiger partial charge on any atom is 0.495 e.